The van der Waals surface area contributed by atoms with E-state index in [-0.39, 0.29) is 5.91 Å². The van der Waals surface area contributed by atoms with Gasteiger partial charge < -0.3 is 11.1 Å². The molecule has 0 saturated carbocycles. The van der Waals surface area contributed by atoms with Gasteiger partial charge in [0.05, 0.1) is 0 Å². The van der Waals surface area contributed by atoms with E-state index in [9.17, 15) is 4.79 Å². The fraction of sp³-hybridized carbons (Fsp3) is 0.250. The van der Waals surface area contributed by atoms with Crippen LogP contribution in [-0.4, -0.2) is 12.5 Å². The Balaban J connectivity index is 2.87. The molecule has 86 valence electrons. The second-order valence-electron chi connectivity index (χ2n) is 3.71. The van der Waals surface area contributed by atoms with E-state index in [4.69, 9.17) is 5.73 Å². The van der Waals surface area contributed by atoms with Crippen LogP contribution in [0.15, 0.2) is 41.4 Å². The fourth-order valence-corrected chi connectivity index (χ4v) is 1.54. The molecular formula is C12H15BrN2O. The highest BCUT2D eigenvalue weighted by molar-refractivity contribution is 9.10. The van der Waals surface area contributed by atoms with Crippen LogP contribution in [0.3, 0.4) is 0 Å². The van der Waals surface area contributed by atoms with Gasteiger partial charge in [0.15, 0.2) is 0 Å². The fourth-order valence-electron chi connectivity index (χ4n) is 1.28. The third kappa shape index (κ3) is 2.93. The Hall–Kier alpha value is -1.13. The minimum absolute atomic E-state index is 0.213. The highest BCUT2D eigenvalue weighted by Crippen LogP contribution is 2.20. The molecule has 1 atom stereocenters. The molecule has 4 heteroatoms. The van der Waals surface area contributed by atoms with E-state index in [1.54, 1.807) is 13.0 Å². The summed E-state index contributed by atoms with van der Waals surface area (Å²) in [5.74, 6) is -0.213. The summed E-state index contributed by atoms with van der Waals surface area (Å²) in [4.78, 5) is 11.8. The lowest BCUT2D eigenvalue weighted by atomic mass is 9.92. The Morgan fingerprint density at radius 2 is 2.12 bits per heavy atom. The zero-order valence-corrected chi connectivity index (χ0v) is 10.8. The molecule has 3 nitrogen and oxygen atoms in total. The molecule has 0 spiro atoms. The van der Waals surface area contributed by atoms with Crippen LogP contribution < -0.4 is 11.1 Å². The van der Waals surface area contributed by atoms with Gasteiger partial charge in [-0.1, -0.05) is 34.1 Å². The topological polar surface area (TPSA) is 55.1 Å². The quantitative estimate of drug-likeness (QED) is 0.829. The average Bonchev–Trinajstić information content (AvgIpc) is 2.26. The minimum Gasteiger partial charge on any atom is -0.351 e. The van der Waals surface area contributed by atoms with Crippen LogP contribution >= 0.6 is 15.9 Å². The lowest BCUT2D eigenvalue weighted by molar-refractivity contribution is -0.125. The third-order valence-corrected chi connectivity index (χ3v) is 2.85. The van der Waals surface area contributed by atoms with E-state index in [1.165, 1.54) is 0 Å². The molecule has 0 heterocycles. The van der Waals surface area contributed by atoms with Crippen molar-refractivity contribution in [1.29, 1.82) is 0 Å². The van der Waals surface area contributed by atoms with Gasteiger partial charge in [-0.05, 0) is 24.6 Å². The number of rotatable bonds is 4. The first kappa shape index (κ1) is 12.9. The lowest BCUT2D eigenvalue weighted by Crippen LogP contribution is -2.49. The summed E-state index contributed by atoms with van der Waals surface area (Å²) in [5, 5.41) is 2.69. The van der Waals surface area contributed by atoms with Crippen LogP contribution in [-0.2, 0) is 10.3 Å². The van der Waals surface area contributed by atoms with Crippen LogP contribution in [0, 0.1) is 0 Å². The second kappa shape index (κ2) is 5.27. The zero-order chi connectivity index (χ0) is 12.2. The van der Waals surface area contributed by atoms with Crippen LogP contribution in [0.4, 0.5) is 0 Å². The predicted octanol–water partition coefficient (Wildman–Crippen LogP) is 1.93. The van der Waals surface area contributed by atoms with Crippen molar-refractivity contribution in [3.05, 3.63) is 47.0 Å². The van der Waals surface area contributed by atoms with E-state index in [0.29, 0.717) is 6.54 Å². The van der Waals surface area contributed by atoms with E-state index in [1.807, 2.05) is 24.3 Å². The van der Waals surface area contributed by atoms with Crippen molar-refractivity contribution in [1.82, 2.24) is 5.32 Å². The van der Waals surface area contributed by atoms with Gasteiger partial charge in [0.2, 0.25) is 5.91 Å². The van der Waals surface area contributed by atoms with Crippen LogP contribution in [0.25, 0.3) is 0 Å². The van der Waals surface area contributed by atoms with Gasteiger partial charge >= 0.3 is 0 Å². The number of halogens is 1. The van der Waals surface area contributed by atoms with Crippen molar-refractivity contribution in [3.8, 4) is 0 Å². The van der Waals surface area contributed by atoms with Gasteiger partial charge in [-0.3, -0.25) is 4.79 Å². The van der Waals surface area contributed by atoms with Gasteiger partial charge in [0.1, 0.15) is 5.54 Å². The molecule has 1 rings (SSSR count). The smallest absolute Gasteiger partial charge is 0.244 e. The summed E-state index contributed by atoms with van der Waals surface area (Å²) < 4.78 is 0.957. The normalized spacial score (nSPS) is 13.9. The maximum Gasteiger partial charge on any atom is 0.244 e. The van der Waals surface area contributed by atoms with Gasteiger partial charge in [-0.2, -0.15) is 0 Å². The molecule has 16 heavy (non-hydrogen) atoms. The SMILES string of the molecule is C=CCNC(=O)C(C)(N)c1ccc(Br)cc1. The Kier molecular flexibility index (Phi) is 4.26. The summed E-state index contributed by atoms with van der Waals surface area (Å²) in [7, 11) is 0. The molecule has 1 amide bonds. The van der Waals surface area contributed by atoms with Gasteiger partial charge in [-0.25, -0.2) is 0 Å². The molecule has 0 radical (unpaired) electrons. The molecule has 0 saturated heterocycles. The summed E-state index contributed by atoms with van der Waals surface area (Å²) in [5.41, 5.74) is 5.76. The number of nitrogens with one attached hydrogen (secondary N) is 1. The number of amides is 1. The van der Waals surface area contributed by atoms with E-state index < -0.39 is 5.54 Å². The van der Waals surface area contributed by atoms with Gasteiger partial charge in [-0.15, -0.1) is 6.58 Å². The molecule has 0 fully saturated rings. The molecule has 1 aromatic carbocycles. The van der Waals surface area contributed by atoms with E-state index in [0.717, 1.165) is 10.0 Å². The van der Waals surface area contributed by atoms with Crippen molar-refractivity contribution < 1.29 is 4.79 Å². The molecule has 0 aliphatic carbocycles. The minimum atomic E-state index is -1.02. The number of nitrogens with two attached hydrogens (primary N) is 1. The molecular weight excluding hydrogens is 268 g/mol. The highest BCUT2D eigenvalue weighted by Gasteiger charge is 2.29. The van der Waals surface area contributed by atoms with E-state index in [2.05, 4.69) is 27.8 Å². The zero-order valence-electron chi connectivity index (χ0n) is 9.16. The Morgan fingerprint density at radius 1 is 1.56 bits per heavy atom. The second-order valence-corrected chi connectivity index (χ2v) is 4.62. The molecule has 0 bridgehead atoms. The molecule has 1 aromatic rings. The first-order chi connectivity index (χ1) is 7.48. The summed E-state index contributed by atoms with van der Waals surface area (Å²) in [6, 6.07) is 7.39. The molecule has 0 aliphatic rings. The molecule has 1 unspecified atom stereocenters. The summed E-state index contributed by atoms with van der Waals surface area (Å²) in [6.45, 7) is 5.65. The van der Waals surface area contributed by atoms with Gasteiger partial charge in [0.25, 0.3) is 0 Å². The number of hydrogen-bond donors (Lipinski definition) is 2. The maximum absolute atomic E-state index is 11.8. The Morgan fingerprint density at radius 3 is 2.62 bits per heavy atom. The number of hydrogen-bond acceptors (Lipinski definition) is 2. The van der Waals surface area contributed by atoms with Crippen LogP contribution in [0.5, 0.6) is 0 Å². The van der Waals surface area contributed by atoms with Crippen LogP contribution in [0.1, 0.15) is 12.5 Å². The van der Waals surface area contributed by atoms with E-state index >= 15 is 0 Å². The van der Waals surface area contributed by atoms with Crippen LogP contribution in [0.2, 0.25) is 0 Å². The highest BCUT2D eigenvalue weighted by atomic mass is 79.9. The first-order valence-electron chi connectivity index (χ1n) is 4.92. The van der Waals surface area contributed by atoms with Crippen molar-refractivity contribution >= 4 is 21.8 Å². The standard InChI is InChI=1S/C12H15BrN2O/c1-3-8-15-11(16)12(2,14)9-4-6-10(13)7-5-9/h3-7H,1,8,14H2,2H3,(H,15,16). The predicted molar refractivity (Wildman–Crippen MR) is 68.9 cm³/mol. The van der Waals surface area contributed by atoms with Crippen molar-refractivity contribution in [2.75, 3.05) is 6.54 Å². The first-order valence-corrected chi connectivity index (χ1v) is 5.72. The number of benzene rings is 1. The monoisotopic (exact) mass is 282 g/mol. The largest absolute Gasteiger partial charge is 0.351 e. The van der Waals surface area contributed by atoms with Crippen molar-refractivity contribution in [3.63, 3.8) is 0 Å². The average molecular weight is 283 g/mol. The summed E-state index contributed by atoms with van der Waals surface area (Å²) >= 11 is 3.34. The van der Waals surface area contributed by atoms with Crippen molar-refractivity contribution in [2.45, 2.75) is 12.5 Å². The molecule has 0 aromatic heterocycles. The maximum atomic E-state index is 11.8. The molecule has 3 N–H and O–H groups in total. The summed E-state index contributed by atoms with van der Waals surface area (Å²) in [6.07, 6.45) is 1.62. The lowest BCUT2D eigenvalue weighted by Gasteiger charge is -2.23. The Bertz CT molecular complexity index is 385. The van der Waals surface area contributed by atoms with Gasteiger partial charge in [0, 0.05) is 11.0 Å². The molecule has 0 aliphatic heterocycles. The van der Waals surface area contributed by atoms with Crippen molar-refractivity contribution in [2.24, 2.45) is 5.73 Å². The number of carbonyl (C=O) groups excluding carboxylic acids is 1. The number of carbonyl (C=O) groups is 1. The third-order valence-electron chi connectivity index (χ3n) is 2.32. The Labute approximate surface area is 104 Å².